The summed E-state index contributed by atoms with van der Waals surface area (Å²) in [4.78, 5) is 0. The van der Waals surface area contributed by atoms with Crippen LogP contribution in [-0.4, -0.2) is 13.6 Å². The fourth-order valence-corrected chi connectivity index (χ4v) is 1.98. The molecule has 12 heavy (non-hydrogen) atoms. The van der Waals surface area contributed by atoms with E-state index in [2.05, 4.69) is 30.4 Å². The van der Waals surface area contributed by atoms with Crippen LogP contribution in [-0.2, 0) is 6.42 Å². The van der Waals surface area contributed by atoms with E-state index in [4.69, 9.17) is 0 Å². The van der Waals surface area contributed by atoms with Crippen molar-refractivity contribution in [3.8, 4) is 0 Å². The molecular formula is C11H15N. The fourth-order valence-electron chi connectivity index (χ4n) is 1.98. The van der Waals surface area contributed by atoms with Crippen LogP contribution in [0, 0.1) is 6.92 Å². The van der Waals surface area contributed by atoms with Crippen LogP contribution in [0.1, 0.15) is 22.6 Å². The Morgan fingerprint density at radius 1 is 1.50 bits per heavy atom. The highest BCUT2D eigenvalue weighted by Crippen LogP contribution is 2.34. The van der Waals surface area contributed by atoms with E-state index in [-0.39, 0.29) is 0 Å². The molecule has 0 saturated heterocycles. The number of hydrogen-bond acceptors (Lipinski definition) is 1. The lowest BCUT2D eigenvalue weighted by atomic mass is 9.77. The van der Waals surface area contributed by atoms with Crippen molar-refractivity contribution < 1.29 is 0 Å². The summed E-state index contributed by atoms with van der Waals surface area (Å²) in [6.07, 6.45) is 1.26. The molecule has 1 aliphatic rings. The van der Waals surface area contributed by atoms with E-state index in [1.54, 1.807) is 11.1 Å². The third-order valence-corrected chi connectivity index (χ3v) is 2.66. The van der Waals surface area contributed by atoms with Gasteiger partial charge in [0.25, 0.3) is 0 Å². The zero-order chi connectivity index (χ0) is 8.55. The van der Waals surface area contributed by atoms with Crippen molar-refractivity contribution in [2.75, 3.05) is 13.6 Å². The first-order valence-electron chi connectivity index (χ1n) is 4.55. The third kappa shape index (κ3) is 1.14. The molecule has 1 unspecified atom stereocenters. The standard InChI is InChI=1S/C11H15N/c1-8-3-4-11-9(5-8)6-10(11)7-12-2/h3-5,10,12H,6-7H2,1-2H3. The lowest BCUT2D eigenvalue weighted by molar-refractivity contribution is 0.568. The number of nitrogens with one attached hydrogen (secondary N) is 1. The number of hydrogen-bond donors (Lipinski definition) is 1. The smallest absolute Gasteiger partial charge is 0.00204 e. The van der Waals surface area contributed by atoms with Gasteiger partial charge >= 0.3 is 0 Å². The van der Waals surface area contributed by atoms with Crippen molar-refractivity contribution in [3.63, 3.8) is 0 Å². The first-order chi connectivity index (χ1) is 5.81. The Morgan fingerprint density at radius 3 is 3.00 bits per heavy atom. The highest BCUT2D eigenvalue weighted by atomic mass is 14.8. The second-order valence-electron chi connectivity index (χ2n) is 3.66. The Labute approximate surface area is 73.8 Å². The first kappa shape index (κ1) is 7.81. The quantitative estimate of drug-likeness (QED) is 0.698. The van der Waals surface area contributed by atoms with Crippen LogP contribution in [0.3, 0.4) is 0 Å². The molecule has 1 atom stereocenters. The van der Waals surface area contributed by atoms with Crippen LogP contribution >= 0.6 is 0 Å². The predicted molar refractivity (Wildman–Crippen MR) is 51.6 cm³/mol. The summed E-state index contributed by atoms with van der Waals surface area (Å²) in [5.41, 5.74) is 4.49. The number of fused-ring (bicyclic) bond motifs is 1. The molecule has 0 heterocycles. The molecule has 0 fully saturated rings. The Morgan fingerprint density at radius 2 is 2.33 bits per heavy atom. The lowest BCUT2D eigenvalue weighted by Gasteiger charge is -2.30. The van der Waals surface area contributed by atoms with Crippen molar-refractivity contribution >= 4 is 0 Å². The predicted octanol–water partition coefficient (Wildman–Crippen LogP) is 1.85. The molecule has 1 aromatic rings. The van der Waals surface area contributed by atoms with Crippen molar-refractivity contribution in [2.45, 2.75) is 19.3 Å². The highest BCUT2D eigenvalue weighted by Gasteiger charge is 2.24. The number of benzene rings is 1. The first-order valence-corrected chi connectivity index (χ1v) is 4.55. The fraction of sp³-hybridized carbons (Fsp3) is 0.455. The summed E-state index contributed by atoms with van der Waals surface area (Å²) in [5.74, 6) is 0.769. The SMILES string of the molecule is CNCC1Cc2cc(C)ccc21. The van der Waals surface area contributed by atoms with Gasteiger partial charge in [0.1, 0.15) is 0 Å². The molecular weight excluding hydrogens is 146 g/mol. The van der Waals surface area contributed by atoms with Crippen molar-refractivity contribution in [2.24, 2.45) is 0 Å². The van der Waals surface area contributed by atoms with Gasteiger partial charge in [-0.3, -0.25) is 0 Å². The highest BCUT2D eigenvalue weighted by molar-refractivity contribution is 5.42. The van der Waals surface area contributed by atoms with E-state index in [0.29, 0.717) is 0 Å². The van der Waals surface area contributed by atoms with Gasteiger partial charge in [0, 0.05) is 12.5 Å². The Balaban J connectivity index is 2.19. The topological polar surface area (TPSA) is 12.0 Å². The second kappa shape index (κ2) is 2.91. The molecule has 0 aliphatic heterocycles. The Hall–Kier alpha value is -0.820. The van der Waals surface area contributed by atoms with Crippen LogP contribution in [0.2, 0.25) is 0 Å². The average molecular weight is 161 g/mol. The molecule has 1 aliphatic carbocycles. The summed E-state index contributed by atoms with van der Waals surface area (Å²) < 4.78 is 0. The van der Waals surface area contributed by atoms with Gasteiger partial charge in [-0.15, -0.1) is 0 Å². The van der Waals surface area contributed by atoms with E-state index in [1.165, 1.54) is 12.0 Å². The van der Waals surface area contributed by atoms with Crippen LogP contribution in [0.4, 0.5) is 0 Å². The van der Waals surface area contributed by atoms with Crippen molar-refractivity contribution in [1.82, 2.24) is 5.32 Å². The molecule has 0 amide bonds. The molecule has 0 saturated carbocycles. The monoisotopic (exact) mass is 161 g/mol. The summed E-state index contributed by atoms with van der Waals surface area (Å²) in [6, 6.07) is 6.79. The average Bonchev–Trinajstić information content (AvgIpc) is 2.01. The zero-order valence-electron chi connectivity index (χ0n) is 7.72. The molecule has 0 bridgehead atoms. The van der Waals surface area contributed by atoms with E-state index in [1.807, 2.05) is 7.05 Å². The maximum absolute atomic E-state index is 3.23. The van der Waals surface area contributed by atoms with E-state index in [0.717, 1.165) is 12.5 Å². The van der Waals surface area contributed by atoms with Gasteiger partial charge in [0.05, 0.1) is 0 Å². The van der Waals surface area contributed by atoms with E-state index < -0.39 is 0 Å². The van der Waals surface area contributed by atoms with Crippen LogP contribution in [0.25, 0.3) is 0 Å². The molecule has 2 rings (SSSR count). The van der Waals surface area contributed by atoms with Gasteiger partial charge in [0.2, 0.25) is 0 Å². The van der Waals surface area contributed by atoms with Gasteiger partial charge < -0.3 is 5.32 Å². The summed E-state index contributed by atoms with van der Waals surface area (Å²) in [5, 5.41) is 3.23. The second-order valence-corrected chi connectivity index (χ2v) is 3.66. The molecule has 1 nitrogen and oxygen atoms in total. The summed E-state index contributed by atoms with van der Waals surface area (Å²) in [6.45, 7) is 3.28. The maximum Gasteiger partial charge on any atom is 0.00204 e. The van der Waals surface area contributed by atoms with Gasteiger partial charge in [0.15, 0.2) is 0 Å². The maximum atomic E-state index is 3.23. The summed E-state index contributed by atoms with van der Waals surface area (Å²) in [7, 11) is 2.02. The Kier molecular flexibility index (Phi) is 1.89. The molecule has 1 heteroatoms. The van der Waals surface area contributed by atoms with Gasteiger partial charge in [-0.05, 0) is 31.5 Å². The number of rotatable bonds is 2. The molecule has 1 aromatic carbocycles. The van der Waals surface area contributed by atoms with Gasteiger partial charge in [-0.2, -0.15) is 0 Å². The minimum absolute atomic E-state index is 0.769. The number of likely N-dealkylation sites (N-methyl/N-ethyl adjacent to an activating group) is 1. The lowest BCUT2D eigenvalue weighted by Crippen LogP contribution is -2.26. The molecule has 1 N–H and O–H groups in total. The van der Waals surface area contributed by atoms with Gasteiger partial charge in [-0.25, -0.2) is 0 Å². The molecule has 0 spiro atoms. The number of aryl methyl sites for hydroxylation is 1. The minimum Gasteiger partial charge on any atom is -0.319 e. The zero-order valence-corrected chi connectivity index (χ0v) is 7.72. The Bertz CT molecular complexity index is 291. The minimum atomic E-state index is 0.769. The molecule has 64 valence electrons. The molecule has 0 aromatic heterocycles. The molecule has 0 radical (unpaired) electrons. The van der Waals surface area contributed by atoms with Crippen molar-refractivity contribution in [3.05, 3.63) is 34.9 Å². The summed E-state index contributed by atoms with van der Waals surface area (Å²) >= 11 is 0. The van der Waals surface area contributed by atoms with Crippen LogP contribution < -0.4 is 5.32 Å². The van der Waals surface area contributed by atoms with Crippen molar-refractivity contribution in [1.29, 1.82) is 0 Å². The van der Waals surface area contributed by atoms with E-state index in [9.17, 15) is 0 Å². The van der Waals surface area contributed by atoms with E-state index >= 15 is 0 Å². The van der Waals surface area contributed by atoms with Crippen LogP contribution in [0.15, 0.2) is 18.2 Å². The van der Waals surface area contributed by atoms with Gasteiger partial charge in [-0.1, -0.05) is 23.8 Å². The van der Waals surface area contributed by atoms with Crippen LogP contribution in [0.5, 0.6) is 0 Å². The largest absolute Gasteiger partial charge is 0.319 e. The normalized spacial score (nSPS) is 20.0. The third-order valence-electron chi connectivity index (χ3n) is 2.66.